The summed E-state index contributed by atoms with van der Waals surface area (Å²) in [5, 5.41) is 0. The maximum atomic E-state index is 11.9. The van der Waals surface area contributed by atoms with Crippen molar-refractivity contribution in [2.75, 3.05) is 0 Å². The number of hydrogen-bond donors (Lipinski definition) is 0. The third-order valence-electron chi connectivity index (χ3n) is 3.76. The number of carbonyl (C=O) groups is 1. The summed E-state index contributed by atoms with van der Waals surface area (Å²) in [6.45, 7) is 8.21. The topological polar surface area (TPSA) is 26.3 Å². The van der Waals surface area contributed by atoms with Gasteiger partial charge in [-0.1, -0.05) is 17.7 Å². The Balaban J connectivity index is 2.02. The van der Waals surface area contributed by atoms with Crippen LogP contribution in [-0.2, 0) is 16.0 Å². The van der Waals surface area contributed by atoms with E-state index in [1.165, 1.54) is 29.5 Å². The molecule has 2 heteroatoms. The van der Waals surface area contributed by atoms with Crippen molar-refractivity contribution < 1.29 is 9.53 Å². The van der Waals surface area contributed by atoms with Gasteiger partial charge in [0.1, 0.15) is 6.10 Å². The highest BCUT2D eigenvalue weighted by atomic mass is 16.5. The third kappa shape index (κ3) is 3.12. The van der Waals surface area contributed by atoms with Crippen molar-refractivity contribution in [3.63, 3.8) is 0 Å². The Labute approximate surface area is 109 Å². The second-order valence-corrected chi connectivity index (χ2v) is 5.59. The van der Waals surface area contributed by atoms with E-state index in [-0.39, 0.29) is 12.1 Å². The number of carbonyl (C=O) groups excluding carboxylic acids is 1. The predicted octanol–water partition coefficient (Wildman–Crippen LogP) is 3.50. The summed E-state index contributed by atoms with van der Waals surface area (Å²) in [4.78, 5) is 11.9. The first-order chi connectivity index (χ1) is 8.47. The molecule has 0 saturated heterocycles. The summed E-state index contributed by atoms with van der Waals surface area (Å²) in [6, 6.07) is 4.25. The van der Waals surface area contributed by atoms with Crippen LogP contribution in [0, 0.1) is 26.7 Å². The zero-order chi connectivity index (χ0) is 13.3. The summed E-state index contributed by atoms with van der Waals surface area (Å²) < 4.78 is 5.48. The van der Waals surface area contributed by atoms with E-state index in [0.717, 1.165) is 5.56 Å². The lowest BCUT2D eigenvalue weighted by Gasteiger charge is -2.14. The van der Waals surface area contributed by atoms with E-state index in [9.17, 15) is 4.79 Å². The van der Waals surface area contributed by atoms with Crippen LogP contribution in [0.25, 0.3) is 0 Å². The summed E-state index contributed by atoms with van der Waals surface area (Å²) >= 11 is 0. The zero-order valence-corrected chi connectivity index (χ0v) is 11.7. The van der Waals surface area contributed by atoms with E-state index >= 15 is 0 Å². The molecular formula is C16H22O2. The summed E-state index contributed by atoms with van der Waals surface area (Å²) in [6.07, 6.45) is 2.90. The monoisotopic (exact) mass is 246 g/mol. The predicted molar refractivity (Wildman–Crippen MR) is 72.6 cm³/mol. The van der Waals surface area contributed by atoms with E-state index in [4.69, 9.17) is 4.74 Å². The van der Waals surface area contributed by atoms with Crippen molar-refractivity contribution in [3.05, 3.63) is 34.4 Å². The van der Waals surface area contributed by atoms with Crippen LogP contribution in [0.3, 0.4) is 0 Å². The van der Waals surface area contributed by atoms with Crippen LogP contribution in [0.1, 0.15) is 42.0 Å². The number of aryl methyl sites for hydroxylation is 3. The number of rotatable bonds is 4. The van der Waals surface area contributed by atoms with Gasteiger partial charge in [-0.15, -0.1) is 0 Å². The van der Waals surface area contributed by atoms with E-state index in [1.54, 1.807) is 0 Å². The van der Waals surface area contributed by atoms with Crippen LogP contribution in [0.2, 0.25) is 0 Å². The molecule has 1 aromatic carbocycles. The van der Waals surface area contributed by atoms with Crippen molar-refractivity contribution in [1.29, 1.82) is 0 Å². The SMILES string of the molecule is Cc1cc(C)c(CC(=O)O[C@@H](C)C2CC2)c(C)c1. The van der Waals surface area contributed by atoms with Crippen LogP contribution >= 0.6 is 0 Å². The van der Waals surface area contributed by atoms with E-state index in [2.05, 4.69) is 32.9 Å². The molecule has 0 aromatic heterocycles. The first kappa shape index (κ1) is 13.1. The fourth-order valence-corrected chi connectivity index (χ4v) is 2.54. The lowest BCUT2D eigenvalue weighted by Crippen LogP contribution is -2.19. The normalized spacial score (nSPS) is 16.4. The molecule has 0 radical (unpaired) electrons. The van der Waals surface area contributed by atoms with Gasteiger partial charge in [-0.3, -0.25) is 4.79 Å². The fourth-order valence-electron chi connectivity index (χ4n) is 2.54. The average molecular weight is 246 g/mol. The second kappa shape index (κ2) is 5.13. The van der Waals surface area contributed by atoms with E-state index in [0.29, 0.717) is 12.3 Å². The van der Waals surface area contributed by atoms with Gasteiger partial charge in [0, 0.05) is 0 Å². The van der Waals surface area contributed by atoms with Gasteiger partial charge in [0.25, 0.3) is 0 Å². The molecule has 1 atom stereocenters. The Kier molecular flexibility index (Phi) is 3.74. The maximum Gasteiger partial charge on any atom is 0.310 e. The molecule has 98 valence electrons. The second-order valence-electron chi connectivity index (χ2n) is 5.59. The molecule has 1 aliphatic rings. The van der Waals surface area contributed by atoms with Crippen molar-refractivity contribution >= 4 is 5.97 Å². The van der Waals surface area contributed by atoms with Gasteiger partial charge in [-0.25, -0.2) is 0 Å². The van der Waals surface area contributed by atoms with Gasteiger partial charge in [-0.2, -0.15) is 0 Å². The Morgan fingerprint density at radius 1 is 1.28 bits per heavy atom. The smallest absolute Gasteiger partial charge is 0.310 e. The number of hydrogen-bond acceptors (Lipinski definition) is 2. The summed E-state index contributed by atoms with van der Waals surface area (Å²) in [7, 11) is 0. The molecule has 1 aliphatic carbocycles. The Morgan fingerprint density at radius 3 is 2.33 bits per heavy atom. The number of benzene rings is 1. The first-order valence-corrected chi connectivity index (χ1v) is 6.73. The fraction of sp³-hybridized carbons (Fsp3) is 0.562. The van der Waals surface area contributed by atoms with Gasteiger partial charge in [0.15, 0.2) is 0 Å². The average Bonchev–Trinajstić information content (AvgIpc) is 3.06. The molecular weight excluding hydrogens is 224 g/mol. The summed E-state index contributed by atoms with van der Waals surface area (Å²) in [5.41, 5.74) is 4.73. The van der Waals surface area contributed by atoms with Gasteiger partial charge in [0.2, 0.25) is 0 Å². The van der Waals surface area contributed by atoms with Gasteiger partial charge in [0.05, 0.1) is 6.42 Å². The van der Waals surface area contributed by atoms with Crippen LogP contribution in [0.4, 0.5) is 0 Å². The lowest BCUT2D eigenvalue weighted by atomic mass is 9.97. The van der Waals surface area contributed by atoms with E-state index in [1.807, 2.05) is 6.92 Å². The molecule has 0 heterocycles. The van der Waals surface area contributed by atoms with Gasteiger partial charge in [-0.05, 0) is 63.1 Å². The zero-order valence-electron chi connectivity index (χ0n) is 11.7. The highest BCUT2D eigenvalue weighted by molar-refractivity contribution is 5.74. The van der Waals surface area contributed by atoms with Crippen LogP contribution in [0.15, 0.2) is 12.1 Å². The van der Waals surface area contributed by atoms with Crippen LogP contribution in [-0.4, -0.2) is 12.1 Å². The van der Waals surface area contributed by atoms with Crippen LogP contribution in [0.5, 0.6) is 0 Å². The van der Waals surface area contributed by atoms with Crippen LogP contribution < -0.4 is 0 Å². The minimum Gasteiger partial charge on any atom is -0.462 e. The number of ether oxygens (including phenoxy) is 1. The molecule has 0 amide bonds. The molecule has 1 fully saturated rings. The molecule has 2 nitrogen and oxygen atoms in total. The molecule has 0 aliphatic heterocycles. The Morgan fingerprint density at radius 2 is 1.83 bits per heavy atom. The molecule has 0 bridgehead atoms. The minimum atomic E-state index is -0.0931. The highest BCUT2D eigenvalue weighted by Gasteiger charge is 2.30. The quantitative estimate of drug-likeness (QED) is 0.760. The minimum absolute atomic E-state index is 0.0866. The number of esters is 1. The maximum absolute atomic E-state index is 11.9. The molecule has 0 spiro atoms. The van der Waals surface area contributed by atoms with Gasteiger partial charge < -0.3 is 4.74 Å². The van der Waals surface area contributed by atoms with Crippen molar-refractivity contribution in [1.82, 2.24) is 0 Å². The van der Waals surface area contributed by atoms with Gasteiger partial charge >= 0.3 is 5.97 Å². The third-order valence-corrected chi connectivity index (χ3v) is 3.76. The lowest BCUT2D eigenvalue weighted by molar-refractivity contribution is -0.148. The molecule has 1 aromatic rings. The van der Waals surface area contributed by atoms with Crippen molar-refractivity contribution in [3.8, 4) is 0 Å². The summed E-state index contributed by atoms with van der Waals surface area (Å²) in [5.74, 6) is 0.513. The molecule has 2 rings (SSSR count). The molecule has 0 unspecified atom stereocenters. The Bertz CT molecular complexity index is 435. The first-order valence-electron chi connectivity index (χ1n) is 6.73. The van der Waals surface area contributed by atoms with Crippen molar-refractivity contribution in [2.24, 2.45) is 5.92 Å². The largest absolute Gasteiger partial charge is 0.462 e. The van der Waals surface area contributed by atoms with E-state index < -0.39 is 0 Å². The molecule has 18 heavy (non-hydrogen) atoms. The standard InChI is InChI=1S/C16H22O2/c1-10-7-11(2)15(12(3)8-10)9-16(17)18-13(4)14-5-6-14/h7-8,13-14H,5-6,9H2,1-4H3/t13-/m0/s1. The Hall–Kier alpha value is -1.31. The van der Waals surface area contributed by atoms with Crippen molar-refractivity contribution in [2.45, 2.75) is 53.1 Å². The molecule has 0 N–H and O–H groups in total. The molecule has 1 saturated carbocycles. The highest BCUT2D eigenvalue weighted by Crippen LogP contribution is 2.34.